The average Bonchev–Trinajstić information content (AvgIpc) is 2.67. The molecule has 130 valence electrons. The minimum atomic E-state index is -0.421. The van der Waals surface area contributed by atoms with Gasteiger partial charge in [-0.15, -0.1) is 0 Å². The molecule has 0 aromatic heterocycles. The van der Waals surface area contributed by atoms with Gasteiger partial charge >= 0.3 is 0 Å². The maximum Gasteiger partial charge on any atom is 0.254 e. The highest BCUT2D eigenvalue weighted by Crippen LogP contribution is 2.13. The SMILES string of the molecule is CCc1ccc(C(=O)N2CCN(C(=O)c3cccc(F)c3)CC2)cc1. The van der Waals surface area contributed by atoms with Crippen LogP contribution in [-0.4, -0.2) is 47.8 Å². The van der Waals surface area contributed by atoms with E-state index in [2.05, 4.69) is 6.92 Å². The quantitative estimate of drug-likeness (QED) is 0.862. The van der Waals surface area contributed by atoms with E-state index < -0.39 is 5.82 Å². The van der Waals surface area contributed by atoms with Crippen LogP contribution in [0.5, 0.6) is 0 Å². The minimum Gasteiger partial charge on any atom is -0.335 e. The van der Waals surface area contributed by atoms with Gasteiger partial charge < -0.3 is 9.80 Å². The normalized spacial score (nSPS) is 14.5. The van der Waals surface area contributed by atoms with E-state index in [1.165, 1.54) is 23.8 Å². The monoisotopic (exact) mass is 340 g/mol. The molecule has 25 heavy (non-hydrogen) atoms. The maximum atomic E-state index is 13.3. The van der Waals surface area contributed by atoms with Crippen molar-refractivity contribution in [3.8, 4) is 0 Å². The van der Waals surface area contributed by atoms with Gasteiger partial charge in [0.2, 0.25) is 0 Å². The molecule has 0 N–H and O–H groups in total. The third-order valence-corrected chi connectivity index (χ3v) is 4.53. The summed E-state index contributed by atoms with van der Waals surface area (Å²) in [6.07, 6.45) is 0.940. The van der Waals surface area contributed by atoms with Crippen molar-refractivity contribution < 1.29 is 14.0 Å². The highest BCUT2D eigenvalue weighted by molar-refractivity contribution is 5.96. The number of benzene rings is 2. The maximum absolute atomic E-state index is 13.3. The molecule has 0 unspecified atom stereocenters. The van der Waals surface area contributed by atoms with Gasteiger partial charge in [0.25, 0.3) is 11.8 Å². The molecule has 2 aromatic carbocycles. The molecule has 0 aliphatic carbocycles. The van der Waals surface area contributed by atoms with Gasteiger partial charge in [0.1, 0.15) is 5.82 Å². The Hall–Kier alpha value is -2.69. The number of carbonyl (C=O) groups excluding carboxylic acids is 2. The van der Waals surface area contributed by atoms with Gasteiger partial charge in [-0.2, -0.15) is 0 Å². The standard InChI is InChI=1S/C20H21FN2O2/c1-2-15-6-8-16(9-7-15)19(24)22-10-12-23(13-11-22)20(25)17-4-3-5-18(21)14-17/h3-9,14H,2,10-13H2,1H3. The Kier molecular flexibility index (Phi) is 5.12. The Bertz CT molecular complexity index is 766. The summed E-state index contributed by atoms with van der Waals surface area (Å²) in [7, 11) is 0. The molecule has 1 heterocycles. The Morgan fingerprint density at radius 1 is 0.880 bits per heavy atom. The zero-order valence-corrected chi connectivity index (χ0v) is 14.2. The van der Waals surface area contributed by atoms with Gasteiger partial charge in [0.05, 0.1) is 0 Å². The molecule has 0 radical (unpaired) electrons. The molecule has 3 rings (SSSR count). The molecule has 5 heteroatoms. The van der Waals surface area contributed by atoms with E-state index in [1.807, 2.05) is 24.3 Å². The van der Waals surface area contributed by atoms with E-state index in [0.717, 1.165) is 6.42 Å². The van der Waals surface area contributed by atoms with Gasteiger partial charge in [-0.3, -0.25) is 9.59 Å². The van der Waals surface area contributed by atoms with Crippen LogP contribution in [0, 0.1) is 5.82 Å². The number of amides is 2. The molecule has 2 amide bonds. The summed E-state index contributed by atoms with van der Waals surface area (Å²) < 4.78 is 13.3. The molecule has 1 fully saturated rings. The fourth-order valence-electron chi connectivity index (χ4n) is 2.98. The molecule has 0 spiro atoms. The lowest BCUT2D eigenvalue weighted by molar-refractivity contribution is 0.0535. The van der Waals surface area contributed by atoms with Crippen molar-refractivity contribution in [2.24, 2.45) is 0 Å². The fraction of sp³-hybridized carbons (Fsp3) is 0.300. The number of rotatable bonds is 3. The number of hydrogen-bond acceptors (Lipinski definition) is 2. The first-order valence-corrected chi connectivity index (χ1v) is 8.51. The average molecular weight is 340 g/mol. The van der Waals surface area contributed by atoms with E-state index in [-0.39, 0.29) is 11.8 Å². The lowest BCUT2D eigenvalue weighted by atomic mass is 10.1. The van der Waals surface area contributed by atoms with Crippen LogP contribution in [0.2, 0.25) is 0 Å². The van der Waals surface area contributed by atoms with E-state index in [1.54, 1.807) is 15.9 Å². The summed E-state index contributed by atoms with van der Waals surface area (Å²) >= 11 is 0. The second kappa shape index (κ2) is 7.47. The van der Waals surface area contributed by atoms with Gasteiger partial charge in [-0.05, 0) is 42.3 Å². The first kappa shape index (κ1) is 17.1. The van der Waals surface area contributed by atoms with Crippen LogP contribution < -0.4 is 0 Å². The van der Waals surface area contributed by atoms with Crippen LogP contribution in [0.25, 0.3) is 0 Å². The number of halogens is 1. The first-order chi connectivity index (χ1) is 12.1. The molecule has 2 aromatic rings. The number of nitrogens with zero attached hydrogens (tertiary/aromatic N) is 2. The zero-order chi connectivity index (χ0) is 17.8. The Labute approximate surface area is 146 Å². The van der Waals surface area contributed by atoms with Crippen molar-refractivity contribution in [1.29, 1.82) is 0 Å². The molecule has 0 atom stereocenters. The minimum absolute atomic E-state index is 0.0134. The lowest BCUT2D eigenvalue weighted by Gasteiger charge is -2.35. The molecule has 1 aliphatic heterocycles. The predicted octanol–water partition coefficient (Wildman–Crippen LogP) is 2.99. The largest absolute Gasteiger partial charge is 0.335 e. The van der Waals surface area contributed by atoms with E-state index in [0.29, 0.717) is 37.3 Å². The van der Waals surface area contributed by atoms with Crippen LogP contribution in [0.3, 0.4) is 0 Å². The molecule has 1 saturated heterocycles. The van der Waals surface area contributed by atoms with E-state index >= 15 is 0 Å². The van der Waals surface area contributed by atoms with Crippen molar-refractivity contribution in [3.05, 3.63) is 71.0 Å². The highest BCUT2D eigenvalue weighted by Gasteiger charge is 2.25. The van der Waals surface area contributed by atoms with Crippen molar-refractivity contribution >= 4 is 11.8 Å². The molecule has 4 nitrogen and oxygen atoms in total. The lowest BCUT2D eigenvalue weighted by Crippen LogP contribution is -2.50. The summed E-state index contributed by atoms with van der Waals surface area (Å²) in [6, 6.07) is 13.3. The van der Waals surface area contributed by atoms with Gasteiger partial charge in [-0.1, -0.05) is 25.1 Å². The van der Waals surface area contributed by atoms with Crippen LogP contribution >= 0.6 is 0 Å². The Morgan fingerprint density at radius 2 is 1.44 bits per heavy atom. The summed E-state index contributed by atoms with van der Waals surface area (Å²) in [5, 5.41) is 0. The van der Waals surface area contributed by atoms with Crippen molar-refractivity contribution in [2.75, 3.05) is 26.2 Å². The number of hydrogen-bond donors (Lipinski definition) is 0. The molecular formula is C20H21FN2O2. The molecular weight excluding hydrogens is 319 g/mol. The molecule has 0 saturated carbocycles. The predicted molar refractivity (Wildman–Crippen MR) is 94.0 cm³/mol. The molecule has 0 bridgehead atoms. The summed E-state index contributed by atoms with van der Waals surface area (Å²) in [6.45, 7) is 3.94. The topological polar surface area (TPSA) is 40.6 Å². The number of carbonyl (C=O) groups is 2. The summed E-state index contributed by atoms with van der Waals surface area (Å²) in [4.78, 5) is 28.4. The Morgan fingerprint density at radius 3 is 1.96 bits per heavy atom. The second-order valence-electron chi connectivity index (χ2n) is 6.15. The smallest absolute Gasteiger partial charge is 0.254 e. The summed E-state index contributed by atoms with van der Waals surface area (Å²) in [5.74, 6) is -0.630. The highest BCUT2D eigenvalue weighted by atomic mass is 19.1. The van der Waals surface area contributed by atoms with Crippen LogP contribution in [-0.2, 0) is 6.42 Å². The van der Waals surface area contributed by atoms with Crippen molar-refractivity contribution in [3.63, 3.8) is 0 Å². The summed E-state index contributed by atoms with van der Waals surface area (Å²) in [5.41, 5.74) is 2.21. The van der Waals surface area contributed by atoms with Gasteiger partial charge in [0, 0.05) is 37.3 Å². The second-order valence-corrected chi connectivity index (χ2v) is 6.15. The first-order valence-electron chi connectivity index (χ1n) is 8.51. The third-order valence-electron chi connectivity index (χ3n) is 4.53. The van der Waals surface area contributed by atoms with Crippen LogP contribution in [0.4, 0.5) is 4.39 Å². The number of aryl methyl sites for hydroxylation is 1. The fourth-order valence-corrected chi connectivity index (χ4v) is 2.98. The zero-order valence-electron chi connectivity index (χ0n) is 14.2. The van der Waals surface area contributed by atoms with Crippen molar-refractivity contribution in [2.45, 2.75) is 13.3 Å². The third kappa shape index (κ3) is 3.87. The van der Waals surface area contributed by atoms with Crippen molar-refractivity contribution in [1.82, 2.24) is 9.80 Å². The van der Waals surface area contributed by atoms with Gasteiger partial charge in [-0.25, -0.2) is 4.39 Å². The van der Waals surface area contributed by atoms with E-state index in [9.17, 15) is 14.0 Å². The van der Waals surface area contributed by atoms with Crippen LogP contribution in [0.1, 0.15) is 33.2 Å². The molecule has 1 aliphatic rings. The van der Waals surface area contributed by atoms with Crippen LogP contribution in [0.15, 0.2) is 48.5 Å². The Balaban J connectivity index is 1.61. The van der Waals surface area contributed by atoms with Gasteiger partial charge in [0.15, 0.2) is 0 Å². The van der Waals surface area contributed by atoms with E-state index in [4.69, 9.17) is 0 Å². The number of piperazine rings is 1.